The first-order chi connectivity index (χ1) is 20.8. The molecule has 4 unspecified atom stereocenters. The number of ether oxygens (including phenoxy) is 1. The van der Waals surface area contributed by atoms with Crippen molar-refractivity contribution in [3.63, 3.8) is 0 Å². The second-order valence-electron chi connectivity index (χ2n) is 12.7. The largest absolute Gasteiger partial charge is 0.424 e. The number of imidazole rings is 1. The summed E-state index contributed by atoms with van der Waals surface area (Å²) >= 11 is 0. The molecular formula is C35H32FN5O2. The van der Waals surface area contributed by atoms with Crippen LogP contribution >= 0.6 is 0 Å². The van der Waals surface area contributed by atoms with E-state index in [0.29, 0.717) is 35.7 Å². The topological polar surface area (TPSA) is 86.0 Å². The highest BCUT2D eigenvalue weighted by Crippen LogP contribution is 2.64. The third-order valence-corrected chi connectivity index (χ3v) is 10.8. The fraction of sp³-hybridized carbons (Fsp3) is 0.371. The number of aromatic nitrogens is 5. The molecule has 5 atom stereocenters. The van der Waals surface area contributed by atoms with Crippen molar-refractivity contribution in [1.29, 1.82) is 0 Å². The van der Waals surface area contributed by atoms with Gasteiger partial charge in [0.25, 0.3) is 0 Å². The highest BCUT2D eigenvalue weighted by atomic mass is 19.1. The van der Waals surface area contributed by atoms with E-state index in [1.165, 1.54) is 11.1 Å². The molecule has 7 nitrogen and oxygen atoms in total. The van der Waals surface area contributed by atoms with E-state index in [-0.39, 0.29) is 17.4 Å². The van der Waals surface area contributed by atoms with Crippen LogP contribution in [0.25, 0.3) is 27.8 Å². The number of rotatable bonds is 3. The Morgan fingerprint density at radius 1 is 1.00 bits per heavy atom. The van der Waals surface area contributed by atoms with Crippen LogP contribution in [-0.2, 0) is 6.42 Å². The second-order valence-corrected chi connectivity index (χ2v) is 12.7. The minimum Gasteiger partial charge on any atom is -0.424 e. The van der Waals surface area contributed by atoms with E-state index in [0.717, 1.165) is 53.9 Å². The van der Waals surface area contributed by atoms with E-state index in [2.05, 4.69) is 38.8 Å². The Balaban J connectivity index is 1.09. The van der Waals surface area contributed by atoms with E-state index >= 15 is 0 Å². The molecular weight excluding hydrogens is 541 g/mol. The summed E-state index contributed by atoms with van der Waals surface area (Å²) in [6.45, 7) is 4.04. The van der Waals surface area contributed by atoms with Gasteiger partial charge < -0.3 is 9.84 Å². The van der Waals surface area contributed by atoms with Crippen molar-refractivity contribution in [2.75, 3.05) is 0 Å². The van der Waals surface area contributed by atoms with Crippen LogP contribution in [0.4, 0.5) is 4.39 Å². The Hall–Kier alpha value is -4.35. The van der Waals surface area contributed by atoms with Gasteiger partial charge in [0.2, 0.25) is 5.95 Å². The minimum atomic E-state index is -1.01. The molecule has 2 aromatic heterocycles. The maximum Gasteiger partial charge on any atom is 0.329 e. The first kappa shape index (κ1) is 26.3. The highest BCUT2D eigenvalue weighted by Gasteiger charge is 2.61. The number of halogens is 1. The molecule has 5 aromatic rings. The van der Waals surface area contributed by atoms with Crippen LogP contribution in [0.15, 0.2) is 54.6 Å². The number of aliphatic hydroxyl groups is 1. The first-order valence-electron chi connectivity index (χ1n) is 15.1. The van der Waals surface area contributed by atoms with Gasteiger partial charge in [0, 0.05) is 5.41 Å². The lowest BCUT2D eigenvalue weighted by molar-refractivity contribution is -0.0646. The van der Waals surface area contributed by atoms with Gasteiger partial charge in [0.15, 0.2) is 0 Å². The molecule has 3 aromatic carbocycles. The van der Waals surface area contributed by atoms with Gasteiger partial charge in [-0.25, -0.2) is 4.98 Å². The van der Waals surface area contributed by atoms with Crippen molar-refractivity contribution >= 4 is 21.8 Å². The lowest BCUT2D eigenvalue weighted by Gasteiger charge is -2.52. The summed E-state index contributed by atoms with van der Waals surface area (Å²) in [5, 5.41) is 13.3. The zero-order chi connectivity index (χ0) is 29.5. The van der Waals surface area contributed by atoms with Crippen LogP contribution in [0.5, 0.6) is 11.8 Å². The fourth-order valence-corrected chi connectivity index (χ4v) is 8.58. The van der Waals surface area contributed by atoms with Gasteiger partial charge in [0.05, 0.1) is 11.0 Å². The summed E-state index contributed by atoms with van der Waals surface area (Å²) in [6, 6.07) is 18.1. The lowest BCUT2D eigenvalue weighted by Crippen LogP contribution is -2.50. The molecule has 8 heteroatoms. The third kappa shape index (κ3) is 3.91. The van der Waals surface area contributed by atoms with Crippen molar-refractivity contribution in [1.82, 2.24) is 24.5 Å². The first-order valence-corrected chi connectivity index (χ1v) is 15.1. The van der Waals surface area contributed by atoms with Crippen LogP contribution in [0.3, 0.4) is 0 Å². The molecule has 216 valence electrons. The number of terminal acetylenes is 1. The predicted octanol–water partition coefficient (Wildman–Crippen LogP) is 6.82. The SMILES string of the molecule is C#C[C@]1(O)CCC2C3CCc4cc(Oc5nc(F)nc(-n6c(C)nc7cc8ccccc8cc76)n5)ccc4C3CCC21C. The van der Waals surface area contributed by atoms with Crippen molar-refractivity contribution in [2.45, 2.75) is 63.9 Å². The van der Waals surface area contributed by atoms with E-state index in [1.54, 1.807) is 4.57 Å². The van der Waals surface area contributed by atoms with Crippen molar-refractivity contribution < 1.29 is 14.2 Å². The summed E-state index contributed by atoms with van der Waals surface area (Å²) in [5.41, 5.74) is 2.91. The predicted molar refractivity (Wildman–Crippen MR) is 162 cm³/mol. The van der Waals surface area contributed by atoms with Gasteiger partial charge >= 0.3 is 12.1 Å². The van der Waals surface area contributed by atoms with Gasteiger partial charge in [-0.2, -0.15) is 14.4 Å². The normalized spacial score (nSPS) is 27.8. The highest BCUT2D eigenvalue weighted by molar-refractivity contribution is 5.95. The molecule has 0 saturated heterocycles. The molecule has 2 fully saturated rings. The number of fused-ring (bicyclic) bond motifs is 7. The minimum absolute atomic E-state index is 0.105. The average Bonchev–Trinajstić information content (AvgIpc) is 3.47. The zero-order valence-electron chi connectivity index (χ0n) is 24.2. The molecule has 3 aliphatic rings. The van der Waals surface area contributed by atoms with E-state index in [9.17, 15) is 9.50 Å². The van der Waals surface area contributed by atoms with Crippen LogP contribution in [0.2, 0.25) is 0 Å². The number of benzene rings is 3. The number of aryl methyl sites for hydroxylation is 2. The third-order valence-electron chi connectivity index (χ3n) is 10.8. The molecule has 2 heterocycles. The Morgan fingerprint density at radius 3 is 2.63 bits per heavy atom. The Labute approximate surface area is 249 Å². The molecule has 0 spiro atoms. The van der Waals surface area contributed by atoms with Gasteiger partial charge in [-0.15, -0.1) is 11.4 Å². The summed E-state index contributed by atoms with van der Waals surface area (Å²) in [6.07, 6.45) is 10.5. The van der Waals surface area contributed by atoms with Crippen LogP contribution < -0.4 is 4.74 Å². The summed E-state index contributed by atoms with van der Waals surface area (Å²) < 4.78 is 22.6. The van der Waals surface area contributed by atoms with E-state index < -0.39 is 11.7 Å². The molecule has 2 saturated carbocycles. The molecule has 1 N–H and O–H groups in total. The fourth-order valence-electron chi connectivity index (χ4n) is 8.58. The number of hydrogen-bond acceptors (Lipinski definition) is 6. The number of hydrogen-bond donors (Lipinski definition) is 1. The van der Waals surface area contributed by atoms with E-state index in [1.807, 2.05) is 55.5 Å². The van der Waals surface area contributed by atoms with Crippen LogP contribution in [-0.4, -0.2) is 35.2 Å². The summed E-state index contributed by atoms with van der Waals surface area (Å²) in [4.78, 5) is 17.0. The van der Waals surface area contributed by atoms with Gasteiger partial charge in [0.1, 0.15) is 17.2 Å². The molecule has 8 rings (SSSR count). The van der Waals surface area contributed by atoms with E-state index in [4.69, 9.17) is 11.2 Å². The number of nitrogens with zero attached hydrogens (tertiary/aromatic N) is 5. The molecule has 0 radical (unpaired) electrons. The van der Waals surface area contributed by atoms with Crippen molar-refractivity contribution in [3.8, 4) is 30.1 Å². The average molecular weight is 574 g/mol. The van der Waals surface area contributed by atoms with Crippen LogP contribution in [0, 0.1) is 42.6 Å². The molecule has 3 aliphatic carbocycles. The monoisotopic (exact) mass is 573 g/mol. The molecule has 0 amide bonds. The quantitative estimate of drug-likeness (QED) is 0.238. The maximum atomic E-state index is 14.8. The smallest absolute Gasteiger partial charge is 0.329 e. The Kier molecular flexibility index (Phi) is 5.70. The zero-order valence-corrected chi connectivity index (χ0v) is 24.2. The Morgan fingerprint density at radius 2 is 1.81 bits per heavy atom. The lowest BCUT2D eigenvalue weighted by atomic mass is 9.53. The standard InChI is InChI=1S/C35H32FN5O2/c1-4-35(42)16-14-28-27-11-9-23-17-24(10-12-25(23)26(27)13-15-34(28,35)3)43-33-39-31(36)38-32(40-33)41-20(2)37-29-18-21-7-5-6-8-22(21)19-30(29)41/h1,5-8,10,12,17-19,26-28,42H,9,11,13-16H2,2-3H3/t26?,27?,28?,34?,35-/m0/s1. The van der Waals surface area contributed by atoms with Gasteiger partial charge in [-0.05, 0) is 109 Å². The summed E-state index contributed by atoms with van der Waals surface area (Å²) in [5.74, 6) is 5.43. The second kappa shape index (κ2) is 9.32. The summed E-state index contributed by atoms with van der Waals surface area (Å²) in [7, 11) is 0. The molecule has 0 aliphatic heterocycles. The van der Waals surface area contributed by atoms with Gasteiger partial charge in [-0.1, -0.05) is 43.2 Å². The van der Waals surface area contributed by atoms with Gasteiger partial charge in [-0.3, -0.25) is 4.57 Å². The van der Waals surface area contributed by atoms with Crippen molar-refractivity contribution in [3.05, 3.63) is 77.6 Å². The molecule has 0 bridgehead atoms. The molecule has 43 heavy (non-hydrogen) atoms. The van der Waals surface area contributed by atoms with Crippen molar-refractivity contribution in [2.24, 2.45) is 17.3 Å². The maximum absolute atomic E-state index is 14.8. The van der Waals surface area contributed by atoms with Crippen LogP contribution in [0.1, 0.15) is 61.9 Å². The Bertz CT molecular complexity index is 1980.